The minimum Gasteiger partial charge on any atom is -0.339 e. The Balaban J connectivity index is 0.00000242. The number of carbonyl (C=O) groups is 2. The van der Waals surface area contributed by atoms with Crippen molar-refractivity contribution in [1.29, 1.82) is 0 Å². The van der Waals surface area contributed by atoms with E-state index in [0.717, 1.165) is 31.7 Å². The van der Waals surface area contributed by atoms with E-state index in [1.54, 1.807) is 7.05 Å². The maximum atomic E-state index is 12.4. The van der Waals surface area contributed by atoms with Gasteiger partial charge in [-0.1, -0.05) is 30.3 Å². The van der Waals surface area contributed by atoms with Crippen LogP contribution in [-0.2, 0) is 9.59 Å². The number of likely N-dealkylation sites (N-methyl/N-ethyl adjacent to an activating group) is 1. The van der Waals surface area contributed by atoms with Crippen LogP contribution < -0.4 is 5.32 Å². The van der Waals surface area contributed by atoms with Crippen LogP contribution in [0.3, 0.4) is 0 Å². The normalized spacial score (nSPS) is 15.6. The molecule has 0 saturated carbocycles. The fourth-order valence-electron chi connectivity index (χ4n) is 2.51. The highest BCUT2D eigenvalue weighted by atomic mass is 35.5. The standard InChI is InChI=1S/C16H23N3O2.ClH/c1-13(14-6-4-3-5-7-14)16(21)18(2)12-15(20)19-10-8-17-9-11-19;/h3-7,13,17H,8-12H2,1-2H3;1H. The molecule has 6 heteroatoms. The molecule has 0 spiro atoms. The van der Waals surface area contributed by atoms with Gasteiger partial charge in [0.05, 0.1) is 12.5 Å². The van der Waals surface area contributed by atoms with Crippen LogP contribution in [-0.4, -0.2) is 61.4 Å². The summed E-state index contributed by atoms with van der Waals surface area (Å²) in [6.07, 6.45) is 0. The fraction of sp³-hybridized carbons (Fsp3) is 0.500. The summed E-state index contributed by atoms with van der Waals surface area (Å²) in [7, 11) is 1.70. The van der Waals surface area contributed by atoms with Crippen molar-refractivity contribution in [2.45, 2.75) is 12.8 Å². The van der Waals surface area contributed by atoms with Gasteiger partial charge in [-0.15, -0.1) is 12.4 Å². The molecule has 1 aromatic carbocycles. The molecule has 1 aromatic rings. The number of hydrogen-bond donors (Lipinski definition) is 1. The van der Waals surface area contributed by atoms with E-state index in [2.05, 4.69) is 5.32 Å². The van der Waals surface area contributed by atoms with Gasteiger partial charge >= 0.3 is 0 Å². The minimum atomic E-state index is -0.230. The highest BCUT2D eigenvalue weighted by molar-refractivity contribution is 5.88. The monoisotopic (exact) mass is 325 g/mol. The van der Waals surface area contributed by atoms with Crippen LogP contribution in [0.1, 0.15) is 18.4 Å². The van der Waals surface area contributed by atoms with Crippen LogP contribution in [0, 0.1) is 0 Å². The molecule has 1 saturated heterocycles. The van der Waals surface area contributed by atoms with Crippen LogP contribution in [0.5, 0.6) is 0 Å². The molecule has 1 heterocycles. The number of nitrogens with one attached hydrogen (secondary N) is 1. The third kappa shape index (κ3) is 4.71. The van der Waals surface area contributed by atoms with Crippen LogP contribution in [0.2, 0.25) is 0 Å². The average Bonchev–Trinajstić information content (AvgIpc) is 2.55. The highest BCUT2D eigenvalue weighted by Crippen LogP contribution is 2.16. The Labute approximate surface area is 138 Å². The summed E-state index contributed by atoms with van der Waals surface area (Å²) in [6.45, 7) is 5.11. The van der Waals surface area contributed by atoms with Gasteiger partial charge in [0.1, 0.15) is 0 Å². The number of rotatable bonds is 4. The lowest BCUT2D eigenvalue weighted by Gasteiger charge is -2.30. The maximum Gasteiger partial charge on any atom is 0.242 e. The molecule has 5 nitrogen and oxygen atoms in total. The van der Waals surface area contributed by atoms with Crippen molar-refractivity contribution in [3.05, 3.63) is 35.9 Å². The van der Waals surface area contributed by atoms with E-state index in [9.17, 15) is 9.59 Å². The second-order valence-corrected chi connectivity index (χ2v) is 5.46. The second-order valence-electron chi connectivity index (χ2n) is 5.46. The summed E-state index contributed by atoms with van der Waals surface area (Å²) < 4.78 is 0. The van der Waals surface area contributed by atoms with Crippen LogP contribution in [0.25, 0.3) is 0 Å². The van der Waals surface area contributed by atoms with Gasteiger partial charge in [0, 0.05) is 33.2 Å². The number of amides is 2. The largest absolute Gasteiger partial charge is 0.339 e. The van der Waals surface area contributed by atoms with Crippen molar-refractivity contribution in [3.63, 3.8) is 0 Å². The summed E-state index contributed by atoms with van der Waals surface area (Å²) in [4.78, 5) is 27.9. The van der Waals surface area contributed by atoms with Crippen molar-refractivity contribution in [3.8, 4) is 0 Å². The van der Waals surface area contributed by atoms with Gasteiger partial charge in [0.25, 0.3) is 0 Å². The molecule has 1 aliphatic rings. The third-order valence-corrected chi connectivity index (χ3v) is 3.89. The van der Waals surface area contributed by atoms with Crippen molar-refractivity contribution < 1.29 is 9.59 Å². The summed E-state index contributed by atoms with van der Waals surface area (Å²) in [5.41, 5.74) is 0.976. The first-order valence-electron chi connectivity index (χ1n) is 7.38. The smallest absolute Gasteiger partial charge is 0.242 e. The molecule has 0 aliphatic carbocycles. The van der Waals surface area contributed by atoms with E-state index < -0.39 is 0 Å². The molecular weight excluding hydrogens is 302 g/mol. The van der Waals surface area contributed by atoms with E-state index in [-0.39, 0.29) is 36.7 Å². The molecule has 1 N–H and O–H groups in total. The first-order chi connectivity index (χ1) is 10.1. The van der Waals surface area contributed by atoms with Crippen molar-refractivity contribution in [1.82, 2.24) is 15.1 Å². The maximum absolute atomic E-state index is 12.4. The molecule has 2 rings (SSSR count). The Bertz CT molecular complexity index is 489. The molecule has 1 atom stereocenters. The molecule has 22 heavy (non-hydrogen) atoms. The zero-order valence-electron chi connectivity index (χ0n) is 13.1. The summed E-state index contributed by atoms with van der Waals surface area (Å²) in [6, 6.07) is 9.65. The number of hydrogen-bond acceptors (Lipinski definition) is 3. The van der Waals surface area contributed by atoms with Gasteiger partial charge in [0.15, 0.2) is 0 Å². The predicted molar refractivity (Wildman–Crippen MR) is 89.2 cm³/mol. The van der Waals surface area contributed by atoms with Crippen molar-refractivity contribution >= 4 is 24.2 Å². The van der Waals surface area contributed by atoms with E-state index in [0.29, 0.717) is 0 Å². The number of nitrogens with zero attached hydrogens (tertiary/aromatic N) is 2. The Morgan fingerprint density at radius 2 is 1.82 bits per heavy atom. The number of piperazine rings is 1. The Kier molecular flexibility index (Phi) is 7.35. The highest BCUT2D eigenvalue weighted by Gasteiger charge is 2.23. The van der Waals surface area contributed by atoms with Crippen molar-refractivity contribution in [2.75, 3.05) is 39.8 Å². The lowest BCUT2D eigenvalue weighted by Crippen LogP contribution is -2.50. The van der Waals surface area contributed by atoms with E-state index in [1.807, 2.05) is 42.2 Å². The minimum absolute atomic E-state index is 0. The lowest BCUT2D eigenvalue weighted by atomic mass is 10.00. The van der Waals surface area contributed by atoms with Crippen LogP contribution in [0.4, 0.5) is 0 Å². The van der Waals surface area contributed by atoms with Gasteiger partial charge in [-0.05, 0) is 12.5 Å². The van der Waals surface area contributed by atoms with Gasteiger partial charge in [-0.3, -0.25) is 9.59 Å². The first-order valence-corrected chi connectivity index (χ1v) is 7.38. The number of halogens is 1. The summed E-state index contributed by atoms with van der Waals surface area (Å²) in [5, 5.41) is 3.21. The summed E-state index contributed by atoms with van der Waals surface area (Å²) >= 11 is 0. The average molecular weight is 326 g/mol. The quantitative estimate of drug-likeness (QED) is 0.902. The Morgan fingerprint density at radius 1 is 1.23 bits per heavy atom. The van der Waals surface area contributed by atoms with Gasteiger partial charge in [-0.25, -0.2) is 0 Å². The number of carbonyl (C=O) groups excluding carboxylic acids is 2. The molecule has 1 unspecified atom stereocenters. The lowest BCUT2D eigenvalue weighted by molar-refractivity contribution is -0.140. The molecule has 2 amide bonds. The molecule has 122 valence electrons. The predicted octanol–water partition coefficient (Wildman–Crippen LogP) is 1.10. The SMILES string of the molecule is CC(C(=O)N(C)CC(=O)N1CCNCC1)c1ccccc1.Cl. The molecule has 1 fully saturated rings. The molecule has 1 aliphatic heterocycles. The van der Waals surface area contributed by atoms with Gasteiger partial charge in [-0.2, -0.15) is 0 Å². The van der Waals surface area contributed by atoms with Crippen LogP contribution in [0.15, 0.2) is 30.3 Å². The Morgan fingerprint density at radius 3 is 2.41 bits per heavy atom. The van der Waals surface area contributed by atoms with Gasteiger partial charge in [0.2, 0.25) is 11.8 Å². The molecule has 0 bridgehead atoms. The zero-order valence-corrected chi connectivity index (χ0v) is 13.9. The Hall–Kier alpha value is -1.59. The first kappa shape index (κ1) is 18.5. The zero-order chi connectivity index (χ0) is 15.2. The second kappa shape index (κ2) is 8.76. The van der Waals surface area contributed by atoms with Crippen LogP contribution >= 0.6 is 12.4 Å². The van der Waals surface area contributed by atoms with E-state index >= 15 is 0 Å². The molecular formula is C16H24ClN3O2. The van der Waals surface area contributed by atoms with E-state index in [4.69, 9.17) is 0 Å². The fourth-order valence-corrected chi connectivity index (χ4v) is 2.51. The third-order valence-electron chi connectivity index (χ3n) is 3.89. The van der Waals surface area contributed by atoms with Crippen molar-refractivity contribution in [2.24, 2.45) is 0 Å². The molecule has 0 aromatic heterocycles. The summed E-state index contributed by atoms with van der Waals surface area (Å²) in [5.74, 6) is -0.232. The molecule has 0 radical (unpaired) electrons. The van der Waals surface area contributed by atoms with E-state index in [1.165, 1.54) is 4.90 Å². The number of benzene rings is 1. The van der Waals surface area contributed by atoms with Gasteiger partial charge < -0.3 is 15.1 Å². The topological polar surface area (TPSA) is 52.7 Å².